The number of benzene rings is 1. The maximum atomic E-state index is 13.2. The van der Waals surface area contributed by atoms with E-state index in [0.29, 0.717) is 31.2 Å². The lowest BCUT2D eigenvalue weighted by Gasteiger charge is -2.29. The second kappa shape index (κ2) is 8.27. The number of alkyl halides is 3. The number of aromatic nitrogens is 1. The van der Waals surface area contributed by atoms with Crippen molar-refractivity contribution in [2.24, 2.45) is 0 Å². The summed E-state index contributed by atoms with van der Waals surface area (Å²) in [5.41, 5.74) is -0.526. The molecule has 0 aliphatic heterocycles. The number of ether oxygens (including phenoxy) is 1. The first-order chi connectivity index (χ1) is 13.5. The number of sulfonamides is 1. The fraction of sp³-hybridized carbons (Fsp3) is 0.421. The second-order valence-electron chi connectivity index (χ2n) is 7.01. The molecule has 0 amide bonds. The van der Waals surface area contributed by atoms with Crippen LogP contribution in [0.5, 0.6) is 5.88 Å². The lowest BCUT2D eigenvalue weighted by atomic mass is 9.94. The van der Waals surface area contributed by atoms with Crippen LogP contribution in [-0.2, 0) is 16.2 Å². The lowest BCUT2D eigenvalue weighted by molar-refractivity contribution is -0.137. The van der Waals surface area contributed by atoms with E-state index in [9.17, 15) is 26.0 Å². The van der Waals surface area contributed by atoms with Crippen LogP contribution in [0, 0.1) is 12.7 Å². The molecule has 1 aliphatic rings. The standard InChI is InChI=1S/C19H20F4N2O3S/c1-12-10-14(20)3-8-17(12)29(26,27)25-15-4-6-16(7-5-15)28-18-9-2-13(11-24-18)19(21,22)23/h2-3,8-11,15-16,25H,4-7H2,1H3. The molecule has 0 unspecified atom stereocenters. The van der Waals surface area contributed by atoms with E-state index in [1.54, 1.807) is 0 Å². The third-order valence-corrected chi connectivity index (χ3v) is 6.45. The Morgan fingerprint density at radius 1 is 1.10 bits per heavy atom. The fourth-order valence-corrected chi connectivity index (χ4v) is 4.82. The van der Waals surface area contributed by atoms with E-state index in [2.05, 4.69) is 9.71 Å². The molecule has 10 heteroatoms. The van der Waals surface area contributed by atoms with E-state index in [0.717, 1.165) is 24.4 Å². The van der Waals surface area contributed by atoms with Crippen LogP contribution in [0.2, 0.25) is 0 Å². The van der Waals surface area contributed by atoms with Crippen molar-refractivity contribution in [2.75, 3.05) is 0 Å². The smallest absolute Gasteiger partial charge is 0.417 e. The van der Waals surface area contributed by atoms with Crippen LogP contribution in [0.1, 0.15) is 36.8 Å². The van der Waals surface area contributed by atoms with Crippen LogP contribution in [-0.4, -0.2) is 25.5 Å². The molecule has 29 heavy (non-hydrogen) atoms. The molecule has 1 saturated carbocycles. The molecule has 0 saturated heterocycles. The predicted octanol–water partition coefficient (Wildman–Crippen LogP) is 4.22. The Bertz CT molecular complexity index is 954. The summed E-state index contributed by atoms with van der Waals surface area (Å²) in [6, 6.07) is 5.28. The van der Waals surface area contributed by atoms with E-state index in [1.165, 1.54) is 19.1 Å². The summed E-state index contributed by atoms with van der Waals surface area (Å²) in [6.07, 6.45) is -1.93. The van der Waals surface area contributed by atoms with E-state index in [-0.39, 0.29) is 22.9 Å². The van der Waals surface area contributed by atoms with Gasteiger partial charge in [0, 0.05) is 18.3 Å². The van der Waals surface area contributed by atoms with Crippen LogP contribution in [0.3, 0.4) is 0 Å². The van der Waals surface area contributed by atoms with Gasteiger partial charge in [-0.1, -0.05) is 0 Å². The Morgan fingerprint density at radius 2 is 1.79 bits per heavy atom. The summed E-state index contributed by atoms with van der Waals surface area (Å²) in [4.78, 5) is 3.72. The van der Waals surface area contributed by atoms with Gasteiger partial charge in [0.2, 0.25) is 15.9 Å². The molecule has 1 N–H and O–H groups in total. The Kier molecular flexibility index (Phi) is 6.13. The molecule has 158 valence electrons. The summed E-state index contributed by atoms with van der Waals surface area (Å²) < 4.78 is 84.3. The molecule has 2 aromatic rings. The minimum atomic E-state index is -4.45. The van der Waals surface area contributed by atoms with E-state index in [1.807, 2.05) is 0 Å². The minimum Gasteiger partial charge on any atom is -0.474 e. The van der Waals surface area contributed by atoms with Crippen LogP contribution in [0.4, 0.5) is 17.6 Å². The van der Waals surface area contributed by atoms with Crippen molar-refractivity contribution in [2.45, 2.75) is 55.8 Å². The van der Waals surface area contributed by atoms with Crippen LogP contribution in [0.15, 0.2) is 41.4 Å². The van der Waals surface area contributed by atoms with E-state index in [4.69, 9.17) is 4.74 Å². The number of pyridine rings is 1. The topological polar surface area (TPSA) is 68.3 Å². The zero-order valence-electron chi connectivity index (χ0n) is 15.5. The zero-order valence-corrected chi connectivity index (χ0v) is 16.4. The maximum absolute atomic E-state index is 13.2. The van der Waals surface area contributed by atoms with Crippen LogP contribution >= 0.6 is 0 Å². The molecule has 1 aromatic heterocycles. The van der Waals surface area contributed by atoms with Gasteiger partial charge in [0.25, 0.3) is 0 Å². The molecule has 1 aromatic carbocycles. The summed E-state index contributed by atoms with van der Waals surface area (Å²) in [7, 11) is -3.78. The van der Waals surface area contributed by atoms with Gasteiger partial charge in [-0.25, -0.2) is 22.5 Å². The minimum absolute atomic E-state index is 0.0335. The van der Waals surface area contributed by atoms with Gasteiger partial charge in [-0.2, -0.15) is 13.2 Å². The Hall–Kier alpha value is -2.20. The van der Waals surface area contributed by atoms with Crippen molar-refractivity contribution < 1.29 is 30.7 Å². The molecular weight excluding hydrogens is 412 g/mol. The second-order valence-corrected chi connectivity index (χ2v) is 8.69. The maximum Gasteiger partial charge on any atom is 0.417 e. The van der Waals surface area contributed by atoms with Gasteiger partial charge in [0.1, 0.15) is 11.9 Å². The number of hydrogen-bond acceptors (Lipinski definition) is 4. The predicted molar refractivity (Wildman–Crippen MR) is 97.4 cm³/mol. The van der Waals surface area contributed by atoms with Gasteiger partial charge in [-0.3, -0.25) is 0 Å². The highest BCUT2D eigenvalue weighted by Gasteiger charge is 2.31. The van der Waals surface area contributed by atoms with Crippen LogP contribution in [0.25, 0.3) is 0 Å². The average Bonchev–Trinajstić information content (AvgIpc) is 2.62. The molecule has 0 radical (unpaired) electrons. The molecule has 1 aliphatic carbocycles. The number of nitrogens with one attached hydrogen (secondary N) is 1. The van der Waals surface area contributed by atoms with Crippen LogP contribution < -0.4 is 9.46 Å². The van der Waals surface area contributed by atoms with E-state index >= 15 is 0 Å². The van der Waals surface area contributed by atoms with Crippen molar-refractivity contribution in [3.8, 4) is 5.88 Å². The van der Waals surface area contributed by atoms with Crippen molar-refractivity contribution >= 4 is 10.0 Å². The molecule has 3 rings (SSSR count). The summed E-state index contributed by atoms with van der Waals surface area (Å²) in [6.45, 7) is 1.53. The first-order valence-corrected chi connectivity index (χ1v) is 10.5. The largest absolute Gasteiger partial charge is 0.474 e. The van der Waals surface area contributed by atoms with Gasteiger partial charge in [-0.15, -0.1) is 0 Å². The Balaban J connectivity index is 1.55. The Labute approximate surface area is 166 Å². The molecule has 0 bridgehead atoms. The molecule has 1 fully saturated rings. The number of nitrogens with zero attached hydrogens (tertiary/aromatic N) is 1. The normalized spacial score (nSPS) is 20.4. The highest BCUT2D eigenvalue weighted by Crippen LogP contribution is 2.30. The summed E-state index contributed by atoms with van der Waals surface area (Å²) in [5, 5.41) is 0. The quantitative estimate of drug-likeness (QED) is 0.719. The number of aryl methyl sites for hydroxylation is 1. The van der Waals surface area contributed by atoms with Gasteiger partial charge in [0.15, 0.2) is 0 Å². The van der Waals surface area contributed by atoms with Crippen molar-refractivity contribution in [3.05, 3.63) is 53.5 Å². The monoisotopic (exact) mass is 432 g/mol. The summed E-state index contributed by atoms with van der Waals surface area (Å²) in [5.74, 6) is -0.403. The zero-order chi connectivity index (χ0) is 21.2. The van der Waals surface area contributed by atoms with Crippen molar-refractivity contribution in [1.29, 1.82) is 0 Å². The Morgan fingerprint density at radius 3 is 2.34 bits per heavy atom. The third kappa shape index (κ3) is 5.45. The van der Waals surface area contributed by atoms with Crippen molar-refractivity contribution in [3.63, 3.8) is 0 Å². The molecule has 0 atom stereocenters. The van der Waals surface area contributed by atoms with Gasteiger partial charge < -0.3 is 4.74 Å². The van der Waals surface area contributed by atoms with Gasteiger partial charge >= 0.3 is 6.18 Å². The first-order valence-electron chi connectivity index (χ1n) is 9.03. The number of halogens is 4. The molecule has 1 heterocycles. The highest BCUT2D eigenvalue weighted by molar-refractivity contribution is 7.89. The molecular formula is C19H20F4N2O3S. The average molecular weight is 432 g/mol. The number of hydrogen-bond donors (Lipinski definition) is 1. The summed E-state index contributed by atoms with van der Waals surface area (Å²) >= 11 is 0. The first kappa shape index (κ1) is 21.5. The lowest BCUT2D eigenvalue weighted by Crippen LogP contribution is -2.39. The third-order valence-electron chi connectivity index (χ3n) is 4.77. The highest BCUT2D eigenvalue weighted by atomic mass is 32.2. The SMILES string of the molecule is Cc1cc(F)ccc1S(=O)(=O)NC1CCC(Oc2ccc(C(F)(F)F)cn2)CC1. The van der Waals surface area contributed by atoms with E-state index < -0.39 is 27.6 Å². The number of rotatable bonds is 5. The van der Waals surface area contributed by atoms with Crippen molar-refractivity contribution in [1.82, 2.24) is 9.71 Å². The van der Waals surface area contributed by atoms with Gasteiger partial charge in [0.05, 0.1) is 10.5 Å². The fourth-order valence-electron chi connectivity index (χ4n) is 3.28. The van der Waals surface area contributed by atoms with Gasteiger partial charge in [-0.05, 0) is 62.4 Å². The molecule has 0 spiro atoms. The molecule has 5 nitrogen and oxygen atoms in total.